The third kappa shape index (κ3) is 1.69. The maximum Gasteiger partial charge on any atom is 0.150 e. The molecule has 0 saturated heterocycles. The van der Waals surface area contributed by atoms with Crippen LogP contribution in [-0.4, -0.2) is 19.7 Å². The zero-order valence-electron chi connectivity index (χ0n) is 8.47. The van der Waals surface area contributed by atoms with Crippen molar-refractivity contribution in [3.05, 3.63) is 23.2 Å². The van der Waals surface area contributed by atoms with Gasteiger partial charge in [-0.15, -0.1) is 0 Å². The average molecular weight is 280 g/mol. The first-order valence-corrected chi connectivity index (χ1v) is 5.86. The molecule has 82 valence electrons. The summed E-state index contributed by atoms with van der Waals surface area (Å²) in [6, 6.07) is 0.565. The van der Waals surface area contributed by atoms with Gasteiger partial charge in [-0.3, -0.25) is 4.68 Å². The molecule has 1 aliphatic carbocycles. The molecule has 0 unspecified atom stereocenters. The van der Waals surface area contributed by atoms with Crippen LogP contribution in [0.4, 0.5) is 5.82 Å². The van der Waals surface area contributed by atoms with E-state index in [1.807, 2.05) is 10.9 Å². The second-order valence-electron chi connectivity index (χ2n) is 3.87. The number of nitrogen functional groups attached to an aromatic ring is 1. The van der Waals surface area contributed by atoms with Crippen molar-refractivity contribution < 1.29 is 0 Å². The van der Waals surface area contributed by atoms with Crippen LogP contribution in [0.3, 0.4) is 0 Å². The van der Waals surface area contributed by atoms with Gasteiger partial charge in [0.15, 0.2) is 0 Å². The summed E-state index contributed by atoms with van der Waals surface area (Å²) >= 11 is 3.29. The Balaban J connectivity index is 2.03. The first-order chi connectivity index (χ1) is 7.74. The Labute approximate surface area is 101 Å². The van der Waals surface area contributed by atoms with Crippen LogP contribution in [0.1, 0.15) is 18.9 Å². The van der Waals surface area contributed by atoms with Crippen LogP contribution in [-0.2, 0) is 0 Å². The minimum absolute atomic E-state index is 0.429. The Bertz CT molecular complexity index is 532. The molecule has 1 fully saturated rings. The lowest BCUT2D eigenvalue weighted by atomic mass is 10.2. The number of hydrogen-bond acceptors (Lipinski definition) is 4. The monoisotopic (exact) mass is 279 g/mol. The Kier molecular flexibility index (Phi) is 2.17. The van der Waals surface area contributed by atoms with Gasteiger partial charge in [-0.25, -0.2) is 9.97 Å². The van der Waals surface area contributed by atoms with Crippen LogP contribution in [0.25, 0.3) is 11.3 Å². The summed E-state index contributed by atoms with van der Waals surface area (Å²) in [6.07, 6.45) is 7.77. The minimum Gasteiger partial charge on any atom is -0.382 e. The molecule has 5 nitrogen and oxygen atoms in total. The van der Waals surface area contributed by atoms with E-state index >= 15 is 0 Å². The fourth-order valence-corrected chi connectivity index (χ4v) is 1.87. The second-order valence-corrected chi connectivity index (χ2v) is 4.68. The molecule has 3 rings (SSSR count). The topological polar surface area (TPSA) is 69.6 Å². The highest BCUT2D eigenvalue weighted by Gasteiger charge is 2.24. The van der Waals surface area contributed by atoms with E-state index in [9.17, 15) is 0 Å². The Morgan fingerprint density at radius 2 is 2.19 bits per heavy atom. The number of anilines is 1. The van der Waals surface area contributed by atoms with Gasteiger partial charge in [0.05, 0.1) is 18.4 Å². The van der Waals surface area contributed by atoms with E-state index in [0.717, 1.165) is 5.56 Å². The number of aromatic nitrogens is 4. The lowest BCUT2D eigenvalue weighted by Gasteiger charge is -2.00. The molecule has 0 atom stereocenters. The zero-order valence-corrected chi connectivity index (χ0v) is 10.1. The Morgan fingerprint density at radius 1 is 1.38 bits per heavy atom. The smallest absolute Gasteiger partial charge is 0.150 e. The van der Waals surface area contributed by atoms with Gasteiger partial charge in [-0.2, -0.15) is 5.10 Å². The molecule has 0 spiro atoms. The van der Waals surface area contributed by atoms with Crippen molar-refractivity contribution in [2.75, 3.05) is 5.73 Å². The molecule has 6 heteroatoms. The molecular formula is C10H10BrN5. The van der Waals surface area contributed by atoms with E-state index < -0.39 is 0 Å². The predicted octanol–water partition coefficient (Wildman–Crippen LogP) is 2.02. The summed E-state index contributed by atoms with van der Waals surface area (Å²) in [5.41, 5.74) is 7.39. The highest BCUT2D eigenvalue weighted by molar-refractivity contribution is 9.10. The van der Waals surface area contributed by atoms with E-state index in [1.54, 1.807) is 12.4 Å². The van der Waals surface area contributed by atoms with E-state index in [2.05, 4.69) is 31.0 Å². The predicted molar refractivity (Wildman–Crippen MR) is 63.6 cm³/mol. The molecule has 2 N–H and O–H groups in total. The van der Waals surface area contributed by atoms with Gasteiger partial charge in [0.2, 0.25) is 0 Å². The third-order valence-electron chi connectivity index (χ3n) is 2.57. The van der Waals surface area contributed by atoms with Crippen LogP contribution in [0.2, 0.25) is 0 Å². The van der Waals surface area contributed by atoms with Gasteiger partial charge in [-0.05, 0) is 28.8 Å². The first kappa shape index (κ1) is 9.77. The maximum atomic E-state index is 5.79. The third-order valence-corrected chi connectivity index (χ3v) is 2.95. The summed E-state index contributed by atoms with van der Waals surface area (Å²) in [5.74, 6) is 0.429. The van der Waals surface area contributed by atoms with Crippen molar-refractivity contribution in [1.29, 1.82) is 0 Å². The Hall–Kier alpha value is -1.43. The summed E-state index contributed by atoms with van der Waals surface area (Å²) in [4.78, 5) is 8.37. The number of nitrogens with two attached hydrogens (primary N) is 1. The quantitative estimate of drug-likeness (QED) is 0.913. The van der Waals surface area contributed by atoms with Crippen molar-refractivity contribution in [2.45, 2.75) is 18.9 Å². The van der Waals surface area contributed by atoms with Crippen molar-refractivity contribution in [1.82, 2.24) is 19.7 Å². The summed E-state index contributed by atoms with van der Waals surface area (Å²) in [7, 11) is 0. The maximum absolute atomic E-state index is 5.79. The number of halogens is 1. The van der Waals surface area contributed by atoms with Crippen LogP contribution in [0.5, 0.6) is 0 Å². The van der Waals surface area contributed by atoms with Gasteiger partial charge in [0, 0.05) is 11.8 Å². The van der Waals surface area contributed by atoms with E-state index in [1.165, 1.54) is 12.8 Å². The van der Waals surface area contributed by atoms with Crippen molar-refractivity contribution >= 4 is 21.7 Å². The standard InChI is InChI=1S/C10H10BrN5/c11-8-4-13-10(12)9(15-8)6-3-14-16(5-6)7-1-2-7/h3-5,7H,1-2H2,(H2,12,13). The molecule has 2 aromatic rings. The van der Waals surface area contributed by atoms with Crippen molar-refractivity contribution in [3.63, 3.8) is 0 Å². The normalized spacial score (nSPS) is 15.3. The molecule has 0 aliphatic heterocycles. The molecule has 0 radical (unpaired) electrons. The van der Waals surface area contributed by atoms with Gasteiger partial charge in [-0.1, -0.05) is 0 Å². The largest absolute Gasteiger partial charge is 0.382 e. The minimum atomic E-state index is 0.429. The fraction of sp³-hybridized carbons (Fsp3) is 0.300. The summed E-state index contributed by atoms with van der Waals surface area (Å²) < 4.78 is 2.65. The molecule has 2 aromatic heterocycles. The molecule has 0 amide bonds. The zero-order chi connectivity index (χ0) is 11.1. The average Bonchev–Trinajstić information content (AvgIpc) is 3.01. The summed E-state index contributed by atoms with van der Waals surface area (Å²) in [6.45, 7) is 0. The van der Waals surface area contributed by atoms with Crippen LogP contribution in [0, 0.1) is 0 Å². The van der Waals surface area contributed by atoms with E-state index in [4.69, 9.17) is 5.73 Å². The molecule has 0 bridgehead atoms. The van der Waals surface area contributed by atoms with Crippen LogP contribution >= 0.6 is 15.9 Å². The van der Waals surface area contributed by atoms with Gasteiger partial charge >= 0.3 is 0 Å². The summed E-state index contributed by atoms with van der Waals surface area (Å²) in [5, 5.41) is 4.30. The fourth-order valence-electron chi connectivity index (χ4n) is 1.59. The Morgan fingerprint density at radius 3 is 2.94 bits per heavy atom. The van der Waals surface area contributed by atoms with Gasteiger partial charge in [0.25, 0.3) is 0 Å². The molecular weight excluding hydrogens is 270 g/mol. The molecule has 1 saturated carbocycles. The highest BCUT2D eigenvalue weighted by atomic mass is 79.9. The lowest BCUT2D eigenvalue weighted by Crippen LogP contribution is -1.97. The number of rotatable bonds is 2. The lowest BCUT2D eigenvalue weighted by molar-refractivity contribution is 0.642. The van der Waals surface area contributed by atoms with E-state index in [-0.39, 0.29) is 0 Å². The molecule has 0 aromatic carbocycles. The van der Waals surface area contributed by atoms with Crippen molar-refractivity contribution in [2.24, 2.45) is 0 Å². The van der Waals surface area contributed by atoms with Crippen LogP contribution < -0.4 is 5.73 Å². The highest BCUT2D eigenvalue weighted by Crippen LogP contribution is 2.35. The molecule has 2 heterocycles. The SMILES string of the molecule is Nc1ncc(Br)nc1-c1cnn(C2CC2)c1. The first-order valence-electron chi connectivity index (χ1n) is 5.06. The molecule has 16 heavy (non-hydrogen) atoms. The van der Waals surface area contributed by atoms with E-state index in [0.29, 0.717) is 22.2 Å². The second kappa shape index (κ2) is 3.55. The van der Waals surface area contributed by atoms with Crippen molar-refractivity contribution in [3.8, 4) is 11.3 Å². The number of hydrogen-bond donors (Lipinski definition) is 1. The number of nitrogens with zero attached hydrogens (tertiary/aromatic N) is 4. The van der Waals surface area contributed by atoms with Gasteiger partial charge in [0.1, 0.15) is 16.1 Å². The van der Waals surface area contributed by atoms with Crippen LogP contribution in [0.15, 0.2) is 23.2 Å². The van der Waals surface area contributed by atoms with Gasteiger partial charge < -0.3 is 5.73 Å². The molecule has 1 aliphatic rings.